The van der Waals surface area contributed by atoms with Crippen molar-refractivity contribution in [2.45, 2.75) is 13.0 Å². The Labute approximate surface area is 82.2 Å². The summed E-state index contributed by atoms with van der Waals surface area (Å²) in [7, 11) is 1.64. The maximum Gasteiger partial charge on any atom is 0.240 e. The number of aromatic nitrogens is 4. The molecule has 7 nitrogen and oxygen atoms in total. The monoisotopic (exact) mass is 201 g/mol. The Hall–Kier alpha value is -1.21. The molecule has 0 unspecified atom stereocenters. The second kappa shape index (κ2) is 6.28. The Morgan fingerprint density at radius 1 is 1.36 bits per heavy atom. The lowest BCUT2D eigenvalue weighted by molar-refractivity contribution is 0.0677. The van der Waals surface area contributed by atoms with Gasteiger partial charge in [0.05, 0.1) is 13.2 Å². The van der Waals surface area contributed by atoms with E-state index in [0.717, 1.165) is 6.42 Å². The van der Waals surface area contributed by atoms with Crippen LogP contribution in [0.5, 0.6) is 0 Å². The molecule has 0 aliphatic heterocycles. The van der Waals surface area contributed by atoms with Crippen LogP contribution in [0.2, 0.25) is 0 Å². The van der Waals surface area contributed by atoms with Crippen molar-refractivity contribution in [2.24, 2.45) is 0 Å². The fourth-order valence-corrected chi connectivity index (χ4v) is 0.932. The number of nitrogen functional groups attached to an aromatic ring is 1. The van der Waals surface area contributed by atoms with E-state index in [1.165, 1.54) is 0 Å². The number of hydrogen-bond donors (Lipinski definition) is 1. The molecule has 0 atom stereocenters. The third-order valence-electron chi connectivity index (χ3n) is 1.65. The molecule has 0 amide bonds. The van der Waals surface area contributed by atoms with E-state index in [4.69, 9.17) is 15.2 Å². The average Bonchev–Trinajstić information content (AvgIpc) is 2.58. The lowest BCUT2D eigenvalue weighted by Gasteiger charge is -2.03. The summed E-state index contributed by atoms with van der Waals surface area (Å²) < 4.78 is 11.6. The van der Waals surface area contributed by atoms with Crippen molar-refractivity contribution in [2.75, 3.05) is 32.7 Å². The van der Waals surface area contributed by atoms with Crippen LogP contribution in [0.1, 0.15) is 6.42 Å². The van der Waals surface area contributed by atoms with Gasteiger partial charge in [-0.25, -0.2) is 4.68 Å². The molecule has 1 aromatic rings. The van der Waals surface area contributed by atoms with Gasteiger partial charge in [-0.2, -0.15) is 0 Å². The van der Waals surface area contributed by atoms with Crippen LogP contribution >= 0.6 is 0 Å². The van der Waals surface area contributed by atoms with Crippen LogP contribution in [0, 0.1) is 0 Å². The molecule has 0 radical (unpaired) electrons. The number of hydrogen-bond acceptors (Lipinski definition) is 6. The van der Waals surface area contributed by atoms with Crippen molar-refractivity contribution in [3.8, 4) is 0 Å². The number of tetrazole rings is 1. The summed E-state index contributed by atoms with van der Waals surface area (Å²) in [5.41, 5.74) is 5.47. The van der Waals surface area contributed by atoms with Crippen LogP contribution in [-0.2, 0) is 16.0 Å². The second-order valence-corrected chi connectivity index (χ2v) is 2.72. The SMILES string of the molecule is COCCOCCCn1nnnc1N. The van der Waals surface area contributed by atoms with Crippen molar-refractivity contribution in [1.82, 2.24) is 20.2 Å². The molecule has 7 heteroatoms. The standard InChI is InChI=1S/C7H15N5O2/c1-13-5-6-14-4-2-3-12-7(8)9-10-11-12/h2-6H2,1H3,(H2,8,9,11). The molecule has 0 fully saturated rings. The fourth-order valence-electron chi connectivity index (χ4n) is 0.932. The van der Waals surface area contributed by atoms with Crippen molar-refractivity contribution >= 4 is 5.95 Å². The highest BCUT2D eigenvalue weighted by Gasteiger charge is 1.99. The van der Waals surface area contributed by atoms with E-state index in [9.17, 15) is 0 Å². The Kier molecular flexibility index (Phi) is 4.87. The fraction of sp³-hybridized carbons (Fsp3) is 0.857. The van der Waals surface area contributed by atoms with E-state index in [2.05, 4.69) is 15.5 Å². The molecule has 80 valence electrons. The maximum atomic E-state index is 5.47. The first-order valence-electron chi connectivity index (χ1n) is 4.43. The van der Waals surface area contributed by atoms with Crippen LogP contribution in [0.3, 0.4) is 0 Å². The van der Waals surface area contributed by atoms with Gasteiger partial charge >= 0.3 is 0 Å². The number of anilines is 1. The van der Waals surface area contributed by atoms with Gasteiger partial charge in [-0.15, -0.1) is 0 Å². The molecule has 0 aromatic carbocycles. The Morgan fingerprint density at radius 3 is 2.86 bits per heavy atom. The topological polar surface area (TPSA) is 88.1 Å². The molecule has 0 saturated carbocycles. The number of nitrogens with zero attached hydrogens (tertiary/aromatic N) is 4. The molecule has 1 rings (SSSR count). The molecule has 0 aliphatic carbocycles. The highest BCUT2D eigenvalue weighted by Crippen LogP contribution is 1.94. The minimum Gasteiger partial charge on any atom is -0.382 e. The van der Waals surface area contributed by atoms with Crippen LogP contribution in [0.15, 0.2) is 0 Å². The van der Waals surface area contributed by atoms with Gasteiger partial charge in [0.1, 0.15) is 0 Å². The van der Waals surface area contributed by atoms with E-state index in [0.29, 0.717) is 32.3 Å². The molecular weight excluding hydrogens is 186 g/mol. The predicted octanol–water partition coefficient (Wildman–Crippen LogP) is -0.692. The Bertz CT molecular complexity index is 252. The normalized spacial score (nSPS) is 10.6. The van der Waals surface area contributed by atoms with Crippen LogP contribution < -0.4 is 5.73 Å². The predicted molar refractivity (Wildman–Crippen MR) is 49.5 cm³/mol. The van der Waals surface area contributed by atoms with Gasteiger partial charge in [0.15, 0.2) is 0 Å². The smallest absolute Gasteiger partial charge is 0.240 e. The quantitative estimate of drug-likeness (QED) is 0.587. The van der Waals surface area contributed by atoms with E-state index in [-0.39, 0.29) is 0 Å². The minimum absolute atomic E-state index is 0.335. The van der Waals surface area contributed by atoms with Crippen LogP contribution in [0.4, 0.5) is 5.95 Å². The highest BCUT2D eigenvalue weighted by molar-refractivity contribution is 5.09. The molecule has 14 heavy (non-hydrogen) atoms. The first-order chi connectivity index (χ1) is 6.84. The van der Waals surface area contributed by atoms with Crippen molar-refractivity contribution in [3.05, 3.63) is 0 Å². The van der Waals surface area contributed by atoms with Crippen molar-refractivity contribution in [3.63, 3.8) is 0 Å². The van der Waals surface area contributed by atoms with E-state index in [1.54, 1.807) is 11.8 Å². The summed E-state index contributed by atoms with van der Waals surface area (Å²) >= 11 is 0. The largest absolute Gasteiger partial charge is 0.382 e. The summed E-state index contributed by atoms with van der Waals surface area (Å²) in [6, 6.07) is 0. The molecule has 1 aromatic heterocycles. The van der Waals surface area contributed by atoms with Crippen LogP contribution in [0.25, 0.3) is 0 Å². The van der Waals surface area contributed by atoms with Crippen LogP contribution in [-0.4, -0.2) is 47.1 Å². The molecule has 0 spiro atoms. The zero-order chi connectivity index (χ0) is 10.2. The van der Waals surface area contributed by atoms with Crippen molar-refractivity contribution < 1.29 is 9.47 Å². The number of nitrogens with two attached hydrogens (primary N) is 1. The Balaban J connectivity index is 2.02. The maximum absolute atomic E-state index is 5.47. The number of aryl methyl sites for hydroxylation is 1. The molecule has 0 bridgehead atoms. The third-order valence-corrected chi connectivity index (χ3v) is 1.65. The summed E-state index contributed by atoms with van der Waals surface area (Å²) in [5.74, 6) is 0.335. The van der Waals surface area contributed by atoms with Gasteiger partial charge in [-0.05, 0) is 16.8 Å². The summed E-state index contributed by atoms with van der Waals surface area (Å²) in [4.78, 5) is 0. The van der Waals surface area contributed by atoms with Gasteiger partial charge in [-0.3, -0.25) is 0 Å². The minimum atomic E-state index is 0.335. The van der Waals surface area contributed by atoms with Crippen molar-refractivity contribution in [1.29, 1.82) is 0 Å². The molecule has 1 heterocycles. The third kappa shape index (κ3) is 3.67. The molecule has 2 N–H and O–H groups in total. The lowest BCUT2D eigenvalue weighted by atomic mass is 10.4. The zero-order valence-corrected chi connectivity index (χ0v) is 8.22. The molecule has 0 aliphatic rings. The highest BCUT2D eigenvalue weighted by atomic mass is 16.5. The number of rotatable bonds is 7. The first-order valence-corrected chi connectivity index (χ1v) is 4.43. The lowest BCUT2D eigenvalue weighted by Crippen LogP contribution is -2.09. The zero-order valence-electron chi connectivity index (χ0n) is 8.22. The van der Waals surface area contributed by atoms with Gasteiger partial charge in [0.2, 0.25) is 5.95 Å². The summed E-state index contributed by atoms with van der Waals surface area (Å²) in [6.07, 6.45) is 0.832. The Morgan fingerprint density at radius 2 is 2.21 bits per heavy atom. The van der Waals surface area contributed by atoms with Gasteiger partial charge in [-0.1, -0.05) is 5.10 Å². The average molecular weight is 201 g/mol. The van der Waals surface area contributed by atoms with E-state index < -0.39 is 0 Å². The van der Waals surface area contributed by atoms with Gasteiger partial charge in [0.25, 0.3) is 0 Å². The molecular formula is C7H15N5O2. The summed E-state index contributed by atoms with van der Waals surface area (Å²) in [6.45, 7) is 2.56. The second-order valence-electron chi connectivity index (χ2n) is 2.72. The number of ether oxygens (including phenoxy) is 2. The molecule has 0 saturated heterocycles. The number of methoxy groups -OCH3 is 1. The van der Waals surface area contributed by atoms with Gasteiger partial charge < -0.3 is 15.2 Å². The van der Waals surface area contributed by atoms with E-state index in [1.807, 2.05) is 0 Å². The summed E-state index contributed by atoms with van der Waals surface area (Å²) in [5, 5.41) is 10.7. The van der Waals surface area contributed by atoms with Gasteiger partial charge in [0, 0.05) is 20.3 Å². The van der Waals surface area contributed by atoms with E-state index >= 15 is 0 Å². The first kappa shape index (κ1) is 10.9.